The quantitative estimate of drug-likeness (QED) is 0.312. The Labute approximate surface area is 220 Å². The van der Waals surface area contributed by atoms with Crippen molar-refractivity contribution in [2.45, 2.75) is 17.2 Å². The van der Waals surface area contributed by atoms with Gasteiger partial charge in [-0.2, -0.15) is 0 Å². The average Bonchev–Trinajstić information content (AvgIpc) is 3.36. The fraction of sp³-hybridized carbons (Fsp3) is 0.167. The number of halogens is 6. The molecule has 3 aromatic carbocycles. The van der Waals surface area contributed by atoms with E-state index in [1.165, 1.54) is 36.4 Å². The van der Waals surface area contributed by atoms with E-state index in [1.54, 1.807) is 25.1 Å². The van der Waals surface area contributed by atoms with Crippen LogP contribution in [0, 0.1) is 18.7 Å². The van der Waals surface area contributed by atoms with E-state index in [0.717, 1.165) is 5.56 Å². The van der Waals surface area contributed by atoms with E-state index in [1.807, 2.05) is 0 Å². The van der Waals surface area contributed by atoms with Gasteiger partial charge in [0.25, 0.3) is 5.91 Å². The summed E-state index contributed by atoms with van der Waals surface area (Å²) in [5, 5.41) is 6.32. The van der Waals surface area contributed by atoms with Gasteiger partial charge in [0.2, 0.25) is 5.91 Å². The molecule has 1 saturated carbocycles. The van der Waals surface area contributed by atoms with Gasteiger partial charge in [0.15, 0.2) is 0 Å². The van der Waals surface area contributed by atoms with Crippen LogP contribution in [-0.2, 0) is 4.79 Å². The van der Waals surface area contributed by atoms with E-state index in [-0.39, 0.29) is 10.6 Å². The Kier molecular flexibility index (Phi) is 7.05. The lowest BCUT2D eigenvalue weighted by molar-refractivity contribution is -0.117. The Bertz CT molecular complexity index is 1270. The van der Waals surface area contributed by atoms with Crippen LogP contribution in [-0.4, -0.2) is 16.1 Å². The van der Waals surface area contributed by atoms with Gasteiger partial charge in [-0.3, -0.25) is 9.59 Å². The summed E-state index contributed by atoms with van der Waals surface area (Å²) in [6, 6.07) is 13.2. The highest BCUT2D eigenvalue weighted by atomic mass is 35.5. The molecule has 1 aliphatic rings. The van der Waals surface area contributed by atoms with Crippen molar-refractivity contribution in [2.24, 2.45) is 5.92 Å². The maximum atomic E-state index is 13.1. The fourth-order valence-corrected chi connectivity index (χ4v) is 5.14. The highest BCUT2D eigenvalue weighted by molar-refractivity contribution is 6.53. The number of hydrogen-bond acceptors (Lipinski definition) is 2. The molecule has 0 unspecified atom stereocenters. The molecule has 34 heavy (non-hydrogen) atoms. The fourth-order valence-electron chi connectivity index (χ4n) is 3.73. The average molecular weight is 561 g/mol. The zero-order valence-corrected chi connectivity index (χ0v) is 21.2. The molecular formula is C24H16Cl5FN2O2. The smallest absolute Gasteiger partial charge is 0.257 e. The lowest BCUT2D eigenvalue weighted by Crippen LogP contribution is -2.18. The molecule has 0 radical (unpaired) electrons. The van der Waals surface area contributed by atoms with Crippen molar-refractivity contribution >= 4 is 81.2 Å². The Morgan fingerprint density at radius 3 is 2.18 bits per heavy atom. The second-order valence-electron chi connectivity index (χ2n) is 7.91. The maximum absolute atomic E-state index is 13.1. The Balaban J connectivity index is 1.51. The molecule has 2 N–H and O–H groups in total. The summed E-state index contributed by atoms with van der Waals surface area (Å²) in [4.78, 5) is 25.7. The van der Waals surface area contributed by atoms with Crippen molar-refractivity contribution in [2.75, 3.05) is 10.6 Å². The van der Waals surface area contributed by atoms with Crippen molar-refractivity contribution < 1.29 is 14.0 Å². The van der Waals surface area contributed by atoms with Crippen LogP contribution in [0.4, 0.5) is 15.8 Å². The summed E-state index contributed by atoms with van der Waals surface area (Å²) in [5.41, 5.74) is 2.29. The Morgan fingerprint density at radius 2 is 1.53 bits per heavy atom. The molecule has 0 spiro atoms. The number of aryl methyl sites for hydroxylation is 1. The summed E-state index contributed by atoms with van der Waals surface area (Å²) in [5.74, 6) is -2.61. The third-order valence-electron chi connectivity index (χ3n) is 5.51. The van der Waals surface area contributed by atoms with Crippen LogP contribution in [0.15, 0.2) is 54.6 Å². The first-order valence-corrected chi connectivity index (χ1v) is 11.9. The van der Waals surface area contributed by atoms with Gasteiger partial charge in [-0.05, 0) is 66.6 Å². The first-order chi connectivity index (χ1) is 16.0. The highest BCUT2D eigenvalue weighted by Crippen LogP contribution is 2.65. The minimum absolute atomic E-state index is 0.124. The number of anilines is 2. The molecule has 176 valence electrons. The van der Waals surface area contributed by atoms with Gasteiger partial charge >= 0.3 is 0 Å². The van der Waals surface area contributed by atoms with Crippen LogP contribution >= 0.6 is 58.0 Å². The number of rotatable bonds is 5. The summed E-state index contributed by atoms with van der Waals surface area (Å²) in [6.07, 6.45) is 0. The van der Waals surface area contributed by atoms with Crippen molar-refractivity contribution in [1.29, 1.82) is 0 Å². The molecule has 0 aromatic heterocycles. The number of benzene rings is 3. The van der Waals surface area contributed by atoms with Gasteiger partial charge in [-0.1, -0.05) is 40.9 Å². The second-order valence-corrected chi connectivity index (χ2v) is 10.5. The molecule has 4 nitrogen and oxygen atoms in total. The number of hydrogen-bond donors (Lipinski definition) is 2. The van der Waals surface area contributed by atoms with Gasteiger partial charge in [-0.15, -0.1) is 23.2 Å². The van der Waals surface area contributed by atoms with Crippen LogP contribution < -0.4 is 10.6 Å². The van der Waals surface area contributed by atoms with Gasteiger partial charge < -0.3 is 10.6 Å². The molecule has 2 amide bonds. The standard InChI is InChI=1S/C24H16Cl5FN2O2/c1-11-8-12(9-18(26)21(11)27)19-20(24(19,28)29)23(34)32-15-6-7-17(25)16(10-15)22(33)31-14-4-2-13(30)3-5-14/h2-10,19-20H,1H3,(H,31,33)(H,32,34)/t19-,20+/m0/s1. The zero-order valence-electron chi connectivity index (χ0n) is 17.4. The molecule has 0 heterocycles. The van der Waals surface area contributed by atoms with Crippen LogP contribution in [0.25, 0.3) is 0 Å². The van der Waals surface area contributed by atoms with E-state index >= 15 is 0 Å². The second kappa shape index (κ2) is 9.56. The monoisotopic (exact) mass is 558 g/mol. The van der Waals surface area contributed by atoms with Crippen molar-refractivity contribution in [1.82, 2.24) is 0 Å². The molecule has 1 fully saturated rings. The third kappa shape index (κ3) is 5.00. The number of nitrogens with one attached hydrogen (secondary N) is 2. The van der Waals surface area contributed by atoms with Gasteiger partial charge in [0.05, 0.1) is 26.5 Å². The van der Waals surface area contributed by atoms with Crippen molar-refractivity contribution in [3.63, 3.8) is 0 Å². The maximum Gasteiger partial charge on any atom is 0.257 e. The third-order valence-corrected chi connectivity index (χ3v) is 7.67. The summed E-state index contributed by atoms with van der Waals surface area (Å²) < 4.78 is 11.8. The molecule has 4 rings (SSSR count). The minimum Gasteiger partial charge on any atom is -0.326 e. The molecule has 0 aliphatic heterocycles. The van der Waals surface area contributed by atoms with E-state index in [2.05, 4.69) is 10.6 Å². The summed E-state index contributed by atoms with van der Waals surface area (Å²) in [6.45, 7) is 1.80. The molecule has 1 aliphatic carbocycles. The van der Waals surface area contributed by atoms with Crippen LogP contribution in [0.1, 0.15) is 27.4 Å². The van der Waals surface area contributed by atoms with E-state index in [4.69, 9.17) is 58.0 Å². The summed E-state index contributed by atoms with van der Waals surface area (Å²) >= 11 is 31.4. The van der Waals surface area contributed by atoms with Gasteiger partial charge in [-0.25, -0.2) is 4.39 Å². The van der Waals surface area contributed by atoms with E-state index < -0.39 is 33.8 Å². The Morgan fingerprint density at radius 1 is 0.882 bits per heavy atom. The molecular weight excluding hydrogens is 545 g/mol. The number of carbonyl (C=O) groups excluding carboxylic acids is 2. The highest BCUT2D eigenvalue weighted by Gasteiger charge is 2.67. The lowest BCUT2D eigenvalue weighted by atomic mass is 10.1. The number of amides is 2. The largest absolute Gasteiger partial charge is 0.326 e. The predicted molar refractivity (Wildman–Crippen MR) is 136 cm³/mol. The summed E-state index contributed by atoms with van der Waals surface area (Å²) in [7, 11) is 0. The lowest BCUT2D eigenvalue weighted by Gasteiger charge is -2.10. The molecule has 0 saturated heterocycles. The van der Waals surface area contributed by atoms with Gasteiger partial charge in [0, 0.05) is 17.3 Å². The van der Waals surface area contributed by atoms with Gasteiger partial charge in [0.1, 0.15) is 10.2 Å². The van der Waals surface area contributed by atoms with Crippen LogP contribution in [0.2, 0.25) is 15.1 Å². The zero-order chi connectivity index (χ0) is 24.8. The van der Waals surface area contributed by atoms with Crippen LogP contribution in [0.5, 0.6) is 0 Å². The van der Waals surface area contributed by atoms with E-state index in [9.17, 15) is 14.0 Å². The predicted octanol–water partition coefficient (Wildman–Crippen LogP) is 7.87. The van der Waals surface area contributed by atoms with Crippen molar-refractivity contribution in [3.8, 4) is 0 Å². The topological polar surface area (TPSA) is 58.2 Å². The number of carbonyl (C=O) groups is 2. The molecule has 2 atom stereocenters. The Hall–Kier alpha value is -2.02. The van der Waals surface area contributed by atoms with Crippen molar-refractivity contribution in [3.05, 3.63) is 92.2 Å². The van der Waals surface area contributed by atoms with E-state index in [0.29, 0.717) is 27.0 Å². The van der Waals surface area contributed by atoms with Crippen LogP contribution in [0.3, 0.4) is 0 Å². The molecule has 3 aromatic rings. The minimum atomic E-state index is -1.33. The normalized spacial score (nSPS) is 18.3. The first-order valence-electron chi connectivity index (χ1n) is 9.99. The number of alkyl halides is 2. The SMILES string of the molecule is Cc1cc([C@H]2[C@H](C(=O)Nc3ccc(Cl)c(C(=O)Nc4ccc(F)cc4)c3)C2(Cl)Cl)cc(Cl)c1Cl. The molecule has 0 bridgehead atoms. The first kappa shape index (κ1) is 25.1. The molecule has 10 heteroatoms.